The molecule has 0 saturated heterocycles. The van der Waals surface area contributed by atoms with Crippen molar-refractivity contribution < 1.29 is 4.79 Å². The lowest BCUT2D eigenvalue weighted by atomic mass is 10.1. The van der Waals surface area contributed by atoms with Crippen LogP contribution in [0.2, 0.25) is 0 Å². The maximum absolute atomic E-state index is 13.0. The summed E-state index contributed by atoms with van der Waals surface area (Å²) in [5.74, 6) is -0.00243. The van der Waals surface area contributed by atoms with Gasteiger partial charge in [-0.15, -0.1) is 5.10 Å². The summed E-state index contributed by atoms with van der Waals surface area (Å²) in [5.41, 5.74) is 3.60. The molecular formula is C17H15N5O. The van der Waals surface area contributed by atoms with Gasteiger partial charge < -0.3 is 4.90 Å². The molecule has 0 spiro atoms. The highest BCUT2D eigenvalue weighted by atomic mass is 16.2. The van der Waals surface area contributed by atoms with Crippen LogP contribution in [0.3, 0.4) is 0 Å². The number of carbonyl (C=O) groups is 1. The number of hydrogen-bond donors (Lipinski definition) is 0. The maximum atomic E-state index is 13.0. The maximum Gasteiger partial charge on any atom is 0.258 e. The summed E-state index contributed by atoms with van der Waals surface area (Å²) in [6.07, 6.45) is 2.39. The highest BCUT2D eigenvalue weighted by Gasteiger charge is 2.31. The Kier molecular flexibility index (Phi) is 3.15. The van der Waals surface area contributed by atoms with Crippen LogP contribution in [-0.4, -0.2) is 32.2 Å². The van der Waals surface area contributed by atoms with Crippen LogP contribution in [0.5, 0.6) is 0 Å². The Hall–Kier alpha value is -3.02. The van der Waals surface area contributed by atoms with Crippen molar-refractivity contribution in [3.8, 4) is 5.69 Å². The summed E-state index contributed by atoms with van der Waals surface area (Å²) in [6.45, 7) is 2.07. The molecule has 23 heavy (non-hydrogen) atoms. The first-order chi connectivity index (χ1) is 11.2. The van der Waals surface area contributed by atoms with Crippen molar-refractivity contribution in [3.05, 3.63) is 66.0 Å². The zero-order valence-corrected chi connectivity index (χ0v) is 12.6. The Bertz CT molecular complexity index is 859. The van der Waals surface area contributed by atoms with Gasteiger partial charge in [-0.25, -0.2) is 4.68 Å². The van der Waals surface area contributed by atoms with E-state index in [9.17, 15) is 4.79 Å². The molecule has 0 radical (unpaired) electrons. The topological polar surface area (TPSA) is 63.9 Å². The SMILES string of the molecule is C[C@H]1Cc2ccccc2N1C(=O)c1cccc(-n2cnnn2)c1. The third-order valence-corrected chi connectivity index (χ3v) is 4.13. The number of hydrogen-bond acceptors (Lipinski definition) is 4. The van der Waals surface area contributed by atoms with E-state index in [0.717, 1.165) is 17.8 Å². The average Bonchev–Trinajstić information content (AvgIpc) is 3.21. The predicted molar refractivity (Wildman–Crippen MR) is 85.6 cm³/mol. The molecule has 3 aromatic rings. The monoisotopic (exact) mass is 305 g/mol. The fourth-order valence-corrected chi connectivity index (χ4v) is 3.08. The van der Waals surface area contributed by atoms with Gasteiger partial charge in [-0.2, -0.15) is 0 Å². The van der Waals surface area contributed by atoms with E-state index < -0.39 is 0 Å². The Labute approximate surface area is 133 Å². The highest BCUT2D eigenvalue weighted by molar-refractivity contribution is 6.08. The molecule has 2 aromatic carbocycles. The summed E-state index contributed by atoms with van der Waals surface area (Å²) in [5, 5.41) is 11.1. The van der Waals surface area contributed by atoms with Gasteiger partial charge in [0, 0.05) is 17.3 Å². The van der Waals surface area contributed by atoms with Gasteiger partial charge in [-0.1, -0.05) is 24.3 Å². The number of para-hydroxylation sites is 1. The molecule has 4 rings (SSSR count). The summed E-state index contributed by atoms with van der Waals surface area (Å²) in [4.78, 5) is 14.9. The minimum absolute atomic E-state index is 0.00243. The zero-order chi connectivity index (χ0) is 15.8. The third-order valence-electron chi connectivity index (χ3n) is 4.13. The molecule has 0 unspecified atom stereocenters. The standard InChI is InChI=1S/C17H15N5O/c1-12-9-13-5-2-3-8-16(13)22(12)17(23)14-6-4-7-15(10-14)21-11-18-19-20-21/h2-8,10-12H,9H2,1H3/t12-/m0/s1. The fraction of sp³-hybridized carbons (Fsp3) is 0.176. The van der Waals surface area contributed by atoms with Crippen molar-refractivity contribution in [2.45, 2.75) is 19.4 Å². The highest BCUT2D eigenvalue weighted by Crippen LogP contribution is 2.33. The normalized spacial score (nSPS) is 16.4. The quantitative estimate of drug-likeness (QED) is 0.728. The number of amides is 1. The first kappa shape index (κ1) is 13.6. The molecule has 1 amide bonds. The van der Waals surface area contributed by atoms with Gasteiger partial charge in [-0.3, -0.25) is 4.79 Å². The van der Waals surface area contributed by atoms with E-state index in [1.807, 2.05) is 47.4 Å². The lowest BCUT2D eigenvalue weighted by Crippen LogP contribution is -2.35. The average molecular weight is 305 g/mol. The molecule has 1 aromatic heterocycles. The summed E-state index contributed by atoms with van der Waals surface area (Å²) < 4.78 is 1.54. The van der Waals surface area contributed by atoms with Gasteiger partial charge in [-0.05, 0) is 53.6 Å². The number of nitrogens with zero attached hydrogens (tertiary/aromatic N) is 5. The van der Waals surface area contributed by atoms with Crippen molar-refractivity contribution in [2.75, 3.05) is 4.90 Å². The van der Waals surface area contributed by atoms with E-state index in [1.54, 1.807) is 0 Å². The van der Waals surface area contributed by atoms with Crippen LogP contribution in [-0.2, 0) is 6.42 Å². The summed E-state index contributed by atoms with van der Waals surface area (Å²) in [7, 11) is 0. The second-order valence-electron chi connectivity index (χ2n) is 5.66. The number of anilines is 1. The number of rotatable bonds is 2. The minimum atomic E-state index is -0.00243. The Morgan fingerprint density at radius 3 is 2.87 bits per heavy atom. The van der Waals surface area contributed by atoms with Gasteiger partial charge in [0.2, 0.25) is 0 Å². The number of tetrazole rings is 1. The van der Waals surface area contributed by atoms with Crippen molar-refractivity contribution >= 4 is 11.6 Å². The number of benzene rings is 2. The Balaban J connectivity index is 1.71. The number of aromatic nitrogens is 4. The van der Waals surface area contributed by atoms with Crippen LogP contribution in [0.1, 0.15) is 22.8 Å². The molecule has 114 valence electrons. The summed E-state index contributed by atoms with van der Waals surface area (Å²) >= 11 is 0. The molecular weight excluding hydrogens is 290 g/mol. The first-order valence-corrected chi connectivity index (χ1v) is 7.49. The first-order valence-electron chi connectivity index (χ1n) is 7.49. The number of carbonyl (C=O) groups excluding carboxylic acids is 1. The zero-order valence-electron chi connectivity index (χ0n) is 12.6. The molecule has 0 saturated carbocycles. The van der Waals surface area contributed by atoms with E-state index in [-0.39, 0.29) is 11.9 Å². The van der Waals surface area contributed by atoms with Crippen LogP contribution < -0.4 is 4.90 Å². The lowest BCUT2D eigenvalue weighted by Gasteiger charge is -2.23. The second-order valence-corrected chi connectivity index (χ2v) is 5.66. The molecule has 0 bridgehead atoms. The van der Waals surface area contributed by atoms with Gasteiger partial charge in [0.25, 0.3) is 5.91 Å². The molecule has 0 fully saturated rings. The fourth-order valence-electron chi connectivity index (χ4n) is 3.08. The van der Waals surface area contributed by atoms with Gasteiger partial charge in [0.05, 0.1) is 5.69 Å². The second kappa shape index (κ2) is 5.31. The van der Waals surface area contributed by atoms with E-state index in [4.69, 9.17) is 0 Å². The van der Waals surface area contributed by atoms with Crippen LogP contribution >= 0.6 is 0 Å². The van der Waals surface area contributed by atoms with E-state index in [2.05, 4.69) is 28.5 Å². The molecule has 6 heteroatoms. The molecule has 6 nitrogen and oxygen atoms in total. The van der Waals surface area contributed by atoms with Crippen LogP contribution in [0, 0.1) is 0 Å². The van der Waals surface area contributed by atoms with Crippen molar-refractivity contribution in [1.29, 1.82) is 0 Å². The molecule has 1 atom stereocenters. The third kappa shape index (κ3) is 2.28. The number of fused-ring (bicyclic) bond motifs is 1. The predicted octanol–water partition coefficient (Wildman–Crippen LogP) is 2.25. The van der Waals surface area contributed by atoms with Crippen molar-refractivity contribution in [1.82, 2.24) is 20.2 Å². The van der Waals surface area contributed by atoms with E-state index in [1.165, 1.54) is 16.6 Å². The smallest absolute Gasteiger partial charge is 0.258 e. The molecule has 1 aliphatic heterocycles. The molecule has 2 heterocycles. The largest absolute Gasteiger partial charge is 0.305 e. The Morgan fingerprint density at radius 1 is 1.17 bits per heavy atom. The molecule has 0 N–H and O–H groups in total. The molecule has 1 aliphatic rings. The van der Waals surface area contributed by atoms with Crippen LogP contribution in [0.25, 0.3) is 5.69 Å². The van der Waals surface area contributed by atoms with Gasteiger partial charge >= 0.3 is 0 Å². The van der Waals surface area contributed by atoms with Crippen molar-refractivity contribution in [3.63, 3.8) is 0 Å². The summed E-state index contributed by atoms with van der Waals surface area (Å²) in [6, 6.07) is 15.6. The van der Waals surface area contributed by atoms with E-state index >= 15 is 0 Å². The minimum Gasteiger partial charge on any atom is -0.305 e. The van der Waals surface area contributed by atoms with Gasteiger partial charge in [0.1, 0.15) is 6.33 Å². The molecule has 0 aliphatic carbocycles. The van der Waals surface area contributed by atoms with Crippen molar-refractivity contribution in [2.24, 2.45) is 0 Å². The van der Waals surface area contributed by atoms with Crippen LogP contribution in [0.4, 0.5) is 5.69 Å². The lowest BCUT2D eigenvalue weighted by molar-refractivity contribution is 0.0981. The Morgan fingerprint density at radius 2 is 2.04 bits per heavy atom. The van der Waals surface area contributed by atoms with Crippen LogP contribution in [0.15, 0.2) is 54.9 Å². The van der Waals surface area contributed by atoms with Gasteiger partial charge in [0.15, 0.2) is 0 Å². The van der Waals surface area contributed by atoms with E-state index in [0.29, 0.717) is 5.56 Å².